The van der Waals surface area contributed by atoms with Crippen molar-refractivity contribution in [2.75, 3.05) is 11.9 Å². The van der Waals surface area contributed by atoms with Crippen LogP contribution >= 0.6 is 11.3 Å². The monoisotopic (exact) mass is 491 g/mol. The number of ether oxygens (including phenoxy) is 1. The van der Waals surface area contributed by atoms with E-state index < -0.39 is 18.0 Å². The fraction of sp³-hybridized carbons (Fsp3) is 0.308. The van der Waals surface area contributed by atoms with Crippen LogP contribution in [0.15, 0.2) is 54.7 Å². The number of carbonyl (C=O) groups excluding carboxylic acids is 2. The van der Waals surface area contributed by atoms with Gasteiger partial charge in [-0.3, -0.25) is 14.9 Å². The van der Waals surface area contributed by atoms with Crippen LogP contribution in [0.4, 0.5) is 9.93 Å². The summed E-state index contributed by atoms with van der Waals surface area (Å²) in [4.78, 5) is 40.8. The van der Waals surface area contributed by atoms with Gasteiger partial charge in [-0.15, -0.1) is 0 Å². The molecule has 0 saturated heterocycles. The fourth-order valence-corrected chi connectivity index (χ4v) is 5.67. The highest BCUT2D eigenvalue weighted by atomic mass is 32.1. The highest BCUT2D eigenvalue weighted by Crippen LogP contribution is 2.44. The fourth-order valence-electron chi connectivity index (χ4n) is 4.96. The zero-order valence-electron chi connectivity index (χ0n) is 18.9. The quantitative estimate of drug-likeness (QED) is 0.453. The number of benzene rings is 2. The number of nitrogens with zero attached hydrogens (tertiary/aromatic N) is 1. The van der Waals surface area contributed by atoms with Crippen LogP contribution in [-0.4, -0.2) is 40.7 Å². The molecule has 2 atom stereocenters. The molecule has 8 nitrogen and oxygen atoms in total. The number of carboxylic acid groups (broad SMARTS) is 1. The molecule has 3 N–H and O–H groups in total. The predicted molar refractivity (Wildman–Crippen MR) is 132 cm³/mol. The number of fused-ring (bicyclic) bond motifs is 3. The Labute approximate surface area is 206 Å². The van der Waals surface area contributed by atoms with Crippen LogP contribution in [0, 0.1) is 5.92 Å². The van der Waals surface area contributed by atoms with Crippen LogP contribution in [0.25, 0.3) is 11.1 Å². The van der Waals surface area contributed by atoms with E-state index in [2.05, 4.69) is 39.9 Å². The highest BCUT2D eigenvalue weighted by Gasteiger charge is 2.30. The van der Waals surface area contributed by atoms with Crippen molar-refractivity contribution in [3.05, 3.63) is 70.7 Å². The molecular formula is C26H25N3O5S. The van der Waals surface area contributed by atoms with E-state index in [4.69, 9.17) is 4.74 Å². The molecule has 2 aromatic carbocycles. The van der Waals surface area contributed by atoms with Gasteiger partial charge in [-0.05, 0) is 41.5 Å². The van der Waals surface area contributed by atoms with Crippen LogP contribution in [0.3, 0.4) is 0 Å². The number of anilines is 1. The van der Waals surface area contributed by atoms with E-state index in [9.17, 15) is 19.5 Å². The Bertz CT molecular complexity index is 1230. The number of carbonyl (C=O) groups is 3. The molecule has 0 aliphatic heterocycles. The Morgan fingerprint density at radius 2 is 1.71 bits per heavy atom. The second-order valence-electron chi connectivity index (χ2n) is 8.85. The maximum Gasteiger partial charge on any atom is 0.413 e. The Kier molecular flexibility index (Phi) is 6.50. The van der Waals surface area contributed by atoms with E-state index in [1.54, 1.807) is 0 Å². The van der Waals surface area contributed by atoms with Crippen molar-refractivity contribution in [1.29, 1.82) is 0 Å². The van der Waals surface area contributed by atoms with Gasteiger partial charge >= 0.3 is 12.1 Å². The van der Waals surface area contributed by atoms with E-state index in [-0.39, 0.29) is 29.6 Å². The van der Waals surface area contributed by atoms with E-state index in [1.165, 1.54) is 6.20 Å². The lowest BCUT2D eigenvalue weighted by molar-refractivity contribution is -0.143. The third-order valence-corrected chi connectivity index (χ3v) is 7.55. The Morgan fingerprint density at radius 1 is 1.03 bits per heavy atom. The number of aromatic nitrogens is 1. The molecule has 1 aromatic heterocycles. The first kappa shape index (κ1) is 23.0. The van der Waals surface area contributed by atoms with Crippen molar-refractivity contribution < 1.29 is 24.2 Å². The van der Waals surface area contributed by atoms with Gasteiger partial charge in [0.05, 0.1) is 12.1 Å². The summed E-state index contributed by atoms with van der Waals surface area (Å²) < 4.78 is 5.53. The number of nitrogens with one attached hydrogen (secondary N) is 2. The number of aliphatic carboxylic acids is 1. The number of thiazole rings is 1. The normalized spacial score (nSPS) is 18.9. The second-order valence-corrected chi connectivity index (χ2v) is 9.88. The first-order chi connectivity index (χ1) is 17.0. The average molecular weight is 492 g/mol. The van der Waals surface area contributed by atoms with Gasteiger partial charge in [-0.2, -0.15) is 0 Å². The zero-order valence-corrected chi connectivity index (χ0v) is 19.7. The highest BCUT2D eigenvalue weighted by molar-refractivity contribution is 7.17. The Morgan fingerprint density at radius 3 is 2.40 bits per heavy atom. The van der Waals surface area contributed by atoms with Gasteiger partial charge in [0.15, 0.2) is 5.13 Å². The number of carboxylic acids is 1. The van der Waals surface area contributed by atoms with Crippen molar-refractivity contribution >= 4 is 34.4 Å². The molecule has 35 heavy (non-hydrogen) atoms. The van der Waals surface area contributed by atoms with Gasteiger partial charge in [-0.25, -0.2) is 9.78 Å². The minimum absolute atomic E-state index is 0.0455. The molecule has 1 fully saturated rings. The van der Waals surface area contributed by atoms with Crippen molar-refractivity contribution in [2.45, 2.75) is 37.6 Å². The third-order valence-electron chi connectivity index (χ3n) is 6.64. The van der Waals surface area contributed by atoms with Crippen LogP contribution in [0.1, 0.15) is 52.4 Å². The van der Waals surface area contributed by atoms with E-state index in [0.29, 0.717) is 17.7 Å². The molecule has 0 bridgehead atoms. The van der Waals surface area contributed by atoms with Crippen molar-refractivity contribution in [1.82, 2.24) is 10.3 Å². The second kappa shape index (κ2) is 9.87. The predicted octanol–water partition coefficient (Wildman–Crippen LogP) is 4.88. The molecule has 2 amide bonds. The molecule has 1 saturated carbocycles. The third kappa shape index (κ3) is 4.90. The van der Waals surface area contributed by atoms with Gasteiger partial charge in [0.1, 0.15) is 11.5 Å². The molecule has 2 aliphatic carbocycles. The van der Waals surface area contributed by atoms with Gasteiger partial charge in [0, 0.05) is 12.0 Å². The maximum absolute atomic E-state index is 12.6. The molecule has 9 heteroatoms. The Hall–Kier alpha value is -3.72. The number of amides is 2. The molecule has 5 rings (SSSR count). The topological polar surface area (TPSA) is 118 Å². The summed E-state index contributed by atoms with van der Waals surface area (Å²) in [7, 11) is 0. The lowest BCUT2D eigenvalue weighted by atomic mass is 9.86. The molecule has 1 heterocycles. The number of rotatable bonds is 6. The van der Waals surface area contributed by atoms with Crippen LogP contribution in [0.2, 0.25) is 0 Å². The Balaban J connectivity index is 1.17. The molecule has 0 unspecified atom stereocenters. The summed E-state index contributed by atoms with van der Waals surface area (Å²) in [6, 6.07) is 16.0. The van der Waals surface area contributed by atoms with Crippen LogP contribution in [0.5, 0.6) is 0 Å². The first-order valence-corrected chi connectivity index (χ1v) is 12.4. The lowest BCUT2D eigenvalue weighted by Gasteiger charge is -2.27. The zero-order chi connectivity index (χ0) is 24.4. The minimum Gasteiger partial charge on any atom is -0.481 e. The standard InChI is InChI=1S/C26H25N3O5S/c30-23(28-16-7-5-6-15(12-16)24(31)32)22-13-27-25(35-22)29-26(33)34-14-21-19-10-3-1-8-17(19)18-9-2-4-11-20(18)21/h1-4,8-11,13,15-16,21H,5-7,12,14H2,(H,28,30)(H,31,32)(H,27,29,33)/t15-,16+/m1/s1. The van der Waals surface area contributed by atoms with Gasteiger partial charge in [0.2, 0.25) is 0 Å². The van der Waals surface area contributed by atoms with Gasteiger partial charge < -0.3 is 15.2 Å². The lowest BCUT2D eigenvalue weighted by Crippen LogP contribution is -2.39. The van der Waals surface area contributed by atoms with Crippen molar-refractivity contribution in [2.24, 2.45) is 5.92 Å². The first-order valence-electron chi connectivity index (χ1n) is 11.6. The SMILES string of the molecule is O=C(Nc1ncc(C(=O)N[C@H]2CCC[C@@H](C(=O)O)C2)s1)OCC1c2ccccc2-c2ccccc21. The number of hydrogen-bond acceptors (Lipinski definition) is 6. The molecule has 2 aliphatic rings. The van der Waals surface area contributed by atoms with Crippen LogP contribution < -0.4 is 10.6 Å². The summed E-state index contributed by atoms with van der Waals surface area (Å²) in [5.74, 6) is -1.62. The summed E-state index contributed by atoms with van der Waals surface area (Å²) >= 11 is 1.05. The van der Waals surface area contributed by atoms with E-state index >= 15 is 0 Å². The number of hydrogen-bond donors (Lipinski definition) is 3. The van der Waals surface area contributed by atoms with Crippen molar-refractivity contribution in [3.8, 4) is 11.1 Å². The van der Waals surface area contributed by atoms with E-state index in [1.807, 2.05) is 24.3 Å². The van der Waals surface area contributed by atoms with E-state index in [0.717, 1.165) is 46.4 Å². The van der Waals surface area contributed by atoms with Gasteiger partial charge in [0.25, 0.3) is 5.91 Å². The largest absolute Gasteiger partial charge is 0.481 e. The average Bonchev–Trinajstić information content (AvgIpc) is 3.46. The smallest absolute Gasteiger partial charge is 0.413 e. The molecule has 0 spiro atoms. The van der Waals surface area contributed by atoms with Crippen molar-refractivity contribution in [3.63, 3.8) is 0 Å². The summed E-state index contributed by atoms with van der Waals surface area (Å²) in [5.41, 5.74) is 4.56. The van der Waals surface area contributed by atoms with Gasteiger partial charge in [-0.1, -0.05) is 66.3 Å². The molecule has 3 aromatic rings. The molecule has 0 radical (unpaired) electrons. The minimum atomic E-state index is -0.823. The molecule has 180 valence electrons. The summed E-state index contributed by atoms with van der Waals surface area (Å²) in [6.07, 6.45) is 3.33. The summed E-state index contributed by atoms with van der Waals surface area (Å²) in [5, 5.41) is 15.0. The molecular weight excluding hydrogens is 466 g/mol. The van der Waals surface area contributed by atoms with Crippen LogP contribution in [-0.2, 0) is 9.53 Å². The summed E-state index contributed by atoms with van der Waals surface area (Å²) in [6.45, 7) is 0.186. The maximum atomic E-state index is 12.6.